The number of carbonyl (C=O) groups is 1. The molecule has 0 aliphatic heterocycles. The molecule has 3 aromatic rings. The summed E-state index contributed by atoms with van der Waals surface area (Å²) in [5, 5.41) is 1.12. The molecular weight excluding hydrogens is 234 g/mol. The second-order valence-electron chi connectivity index (χ2n) is 4.63. The lowest BCUT2D eigenvalue weighted by Gasteiger charge is -2.07. The molecule has 0 spiro atoms. The molecule has 0 aliphatic carbocycles. The van der Waals surface area contributed by atoms with E-state index in [1.807, 2.05) is 42.5 Å². The van der Waals surface area contributed by atoms with E-state index in [1.54, 1.807) is 0 Å². The van der Waals surface area contributed by atoms with E-state index < -0.39 is 0 Å². The SMILES string of the molecule is O=Cc1cc2ccccc2n1CCc1ccccc1. The number of benzene rings is 2. The lowest BCUT2D eigenvalue weighted by atomic mass is 10.1. The summed E-state index contributed by atoms with van der Waals surface area (Å²) in [6, 6.07) is 20.4. The van der Waals surface area contributed by atoms with Gasteiger partial charge in [0, 0.05) is 17.4 Å². The summed E-state index contributed by atoms with van der Waals surface area (Å²) < 4.78 is 2.09. The molecule has 0 radical (unpaired) electrons. The summed E-state index contributed by atoms with van der Waals surface area (Å²) in [6.07, 6.45) is 1.87. The minimum Gasteiger partial charge on any atom is -0.338 e. The molecule has 0 saturated carbocycles. The topological polar surface area (TPSA) is 22.0 Å². The number of nitrogens with zero attached hydrogens (tertiary/aromatic N) is 1. The molecular formula is C17H15NO. The van der Waals surface area contributed by atoms with Gasteiger partial charge in [0.05, 0.1) is 5.69 Å². The van der Waals surface area contributed by atoms with Crippen LogP contribution in [0.3, 0.4) is 0 Å². The first-order chi connectivity index (χ1) is 9.38. The second kappa shape index (κ2) is 5.11. The molecule has 0 unspecified atom stereocenters. The smallest absolute Gasteiger partial charge is 0.166 e. The normalized spacial score (nSPS) is 10.7. The highest BCUT2D eigenvalue weighted by Crippen LogP contribution is 2.19. The van der Waals surface area contributed by atoms with Crippen LogP contribution >= 0.6 is 0 Å². The van der Waals surface area contributed by atoms with Crippen LogP contribution < -0.4 is 0 Å². The Bertz CT molecular complexity index is 698. The Kier molecular flexibility index (Phi) is 3.15. The average Bonchev–Trinajstić information content (AvgIpc) is 2.84. The second-order valence-corrected chi connectivity index (χ2v) is 4.63. The Morgan fingerprint density at radius 3 is 2.47 bits per heavy atom. The molecule has 0 atom stereocenters. The van der Waals surface area contributed by atoms with Gasteiger partial charge in [-0.3, -0.25) is 4.79 Å². The first-order valence-corrected chi connectivity index (χ1v) is 6.46. The minimum atomic E-state index is 0.747. The molecule has 1 heterocycles. The molecule has 0 amide bonds. The largest absolute Gasteiger partial charge is 0.338 e. The van der Waals surface area contributed by atoms with Crippen LogP contribution in [0.5, 0.6) is 0 Å². The highest BCUT2D eigenvalue weighted by atomic mass is 16.1. The highest BCUT2D eigenvalue weighted by Gasteiger charge is 2.07. The van der Waals surface area contributed by atoms with Gasteiger partial charge in [0.15, 0.2) is 6.29 Å². The monoisotopic (exact) mass is 249 g/mol. The summed E-state index contributed by atoms with van der Waals surface area (Å²) >= 11 is 0. The number of hydrogen-bond acceptors (Lipinski definition) is 1. The number of aldehydes is 1. The van der Waals surface area contributed by atoms with Gasteiger partial charge in [-0.2, -0.15) is 0 Å². The summed E-state index contributed by atoms with van der Waals surface area (Å²) in [4.78, 5) is 11.2. The van der Waals surface area contributed by atoms with Gasteiger partial charge < -0.3 is 4.57 Å². The van der Waals surface area contributed by atoms with Crippen LogP contribution in [0.4, 0.5) is 0 Å². The number of carbonyl (C=O) groups excluding carboxylic acids is 1. The third kappa shape index (κ3) is 2.29. The molecule has 0 saturated heterocycles. The van der Waals surface area contributed by atoms with E-state index in [0.29, 0.717) is 0 Å². The number of hydrogen-bond donors (Lipinski definition) is 0. The summed E-state index contributed by atoms with van der Waals surface area (Å²) in [6.45, 7) is 0.825. The molecule has 2 nitrogen and oxygen atoms in total. The minimum absolute atomic E-state index is 0.747. The van der Waals surface area contributed by atoms with Crippen molar-refractivity contribution in [3.8, 4) is 0 Å². The number of aromatic nitrogens is 1. The molecule has 19 heavy (non-hydrogen) atoms. The lowest BCUT2D eigenvalue weighted by molar-refractivity contribution is 0.111. The molecule has 2 aromatic carbocycles. The average molecular weight is 249 g/mol. The van der Waals surface area contributed by atoms with E-state index in [9.17, 15) is 4.79 Å². The quantitative estimate of drug-likeness (QED) is 0.646. The predicted octanol–water partition coefficient (Wildman–Crippen LogP) is 3.70. The Balaban J connectivity index is 1.93. The van der Waals surface area contributed by atoms with Gasteiger partial charge in [0.1, 0.15) is 0 Å². The molecule has 2 heteroatoms. The van der Waals surface area contributed by atoms with Crippen LogP contribution in [0.15, 0.2) is 60.7 Å². The zero-order chi connectivity index (χ0) is 13.1. The third-order valence-electron chi connectivity index (χ3n) is 3.43. The van der Waals surface area contributed by atoms with Crippen LogP contribution in [0.25, 0.3) is 10.9 Å². The molecule has 0 aliphatic rings. The molecule has 0 bridgehead atoms. The zero-order valence-corrected chi connectivity index (χ0v) is 10.6. The van der Waals surface area contributed by atoms with Crippen molar-refractivity contribution in [2.45, 2.75) is 13.0 Å². The van der Waals surface area contributed by atoms with Crippen molar-refractivity contribution < 1.29 is 4.79 Å². The van der Waals surface area contributed by atoms with Gasteiger partial charge in [0.2, 0.25) is 0 Å². The first kappa shape index (κ1) is 11.7. The van der Waals surface area contributed by atoms with Gasteiger partial charge in [0.25, 0.3) is 0 Å². The maximum Gasteiger partial charge on any atom is 0.166 e. The standard InChI is InChI=1S/C17H15NO/c19-13-16-12-15-8-4-5-9-17(15)18(16)11-10-14-6-2-1-3-7-14/h1-9,12-13H,10-11H2. The molecule has 0 N–H and O–H groups in total. The highest BCUT2D eigenvalue weighted by molar-refractivity contribution is 5.88. The van der Waals surface area contributed by atoms with Crippen molar-refractivity contribution in [2.75, 3.05) is 0 Å². The van der Waals surface area contributed by atoms with Gasteiger partial charge in [-0.15, -0.1) is 0 Å². The Morgan fingerprint density at radius 1 is 0.947 bits per heavy atom. The van der Waals surface area contributed by atoms with Gasteiger partial charge in [-0.1, -0.05) is 48.5 Å². The van der Waals surface area contributed by atoms with Crippen molar-refractivity contribution in [1.82, 2.24) is 4.57 Å². The van der Waals surface area contributed by atoms with Crippen molar-refractivity contribution in [3.63, 3.8) is 0 Å². The van der Waals surface area contributed by atoms with Crippen molar-refractivity contribution >= 4 is 17.2 Å². The fraction of sp³-hybridized carbons (Fsp3) is 0.118. The first-order valence-electron chi connectivity index (χ1n) is 6.46. The van der Waals surface area contributed by atoms with Gasteiger partial charge in [-0.25, -0.2) is 0 Å². The molecule has 0 fully saturated rings. The summed E-state index contributed by atoms with van der Waals surface area (Å²) in [5.74, 6) is 0. The summed E-state index contributed by atoms with van der Waals surface area (Å²) in [7, 11) is 0. The van der Waals surface area contributed by atoms with Crippen LogP contribution in [-0.4, -0.2) is 10.9 Å². The van der Waals surface area contributed by atoms with Gasteiger partial charge in [-0.05, 0) is 24.1 Å². The van der Waals surface area contributed by atoms with E-state index in [4.69, 9.17) is 0 Å². The van der Waals surface area contributed by atoms with Crippen molar-refractivity contribution in [1.29, 1.82) is 0 Å². The zero-order valence-electron chi connectivity index (χ0n) is 10.6. The van der Waals surface area contributed by atoms with E-state index in [2.05, 4.69) is 22.8 Å². The van der Waals surface area contributed by atoms with Crippen LogP contribution in [0, 0.1) is 0 Å². The van der Waals surface area contributed by atoms with Crippen molar-refractivity contribution in [2.24, 2.45) is 0 Å². The summed E-state index contributed by atoms with van der Waals surface area (Å²) in [5.41, 5.74) is 3.16. The maximum atomic E-state index is 11.2. The lowest BCUT2D eigenvalue weighted by Crippen LogP contribution is -2.04. The van der Waals surface area contributed by atoms with Crippen LogP contribution in [-0.2, 0) is 13.0 Å². The Labute approximate surface area is 112 Å². The van der Waals surface area contributed by atoms with E-state index in [-0.39, 0.29) is 0 Å². The van der Waals surface area contributed by atoms with Crippen LogP contribution in [0.2, 0.25) is 0 Å². The number of para-hydroxylation sites is 1. The van der Waals surface area contributed by atoms with Crippen LogP contribution in [0.1, 0.15) is 16.1 Å². The fourth-order valence-electron chi connectivity index (χ4n) is 2.46. The molecule has 94 valence electrons. The van der Waals surface area contributed by atoms with E-state index >= 15 is 0 Å². The van der Waals surface area contributed by atoms with E-state index in [1.165, 1.54) is 5.56 Å². The molecule has 3 rings (SSSR count). The number of rotatable bonds is 4. The Hall–Kier alpha value is -2.35. The maximum absolute atomic E-state index is 11.2. The molecule has 1 aromatic heterocycles. The van der Waals surface area contributed by atoms with Gasteiger partial charge >= 0.3 is 0 Å². The van der Waals surface area contributed by atoms with Crippen molar-refractivity contribution in [3.05, 3.63) is 71.9 Å². The predicted molar refractivity (Wildman–Crippen MR) is 77.5 cm³/mol. The fourth-order valence-corrected chi connectivity index (χ4v) is 2.46. The Morgan fingerprint density at radius 2 is 1.68 bits per heavy atom. The third-order valence-corrected chi connectivity index (χ3v) is 3.43. The number of aryl methyl sites for hydroxylation is 2. The number of fused-ring (bicyclic) bond motifs is 1. The van der Waals surface area contributed by atoms with E-state index in [0.717, 1.165) is 35.8 Å².